The highest BCUT2D eigenvalue weighted by Gasteiger charge is 2.40. The number of carbonyl (C=O) groups excluding carboxylic acids is 1. The van der Waals surface area contributed by atoms with E-state index in [1.54, 1.807) is 0 Å². The van der Waals surface area contributed by atoms with Gasteiger partial charge in [0, 0.05) is 5.57 Å². The van der Waals surface area contributed by atoms with E-state index in [9.17, 15) is 20.1 Å². The first-order valence-corrected chi connectivity index (χ1v) is 18.6. The lowest BCUT2D eigenvalue weighted by Gasteiger charge is -2.24. The molecule has 3 N–H and O–H groups in total. The Morgan fingerprint density at radius 2 is 1.16 bits per heavy atom. The van der Waals surface area contributed by atoms with Crippen molar-refractivity contribution < 1.29 is 34.3 Å². The minimum Gasteiger partial charge on any atom is -0.455 e. The Labute approximate surface area is 268 Å². The number of ether oxygens (including phenoxy) is 3. The maximum absolute atomic E-state index is 11.6. The highest BCUT2D eigenvalue weighted by Crippen LogP contribution is 2.34. The Kier molecular flexibility index (Phi) is 18.5. The molecule has 0 spiro atoms. The summed E-state index contributed by atoms with van der Waals surface area (Å²) in [4.78, 5) is 11.6. The topological polar surface area (TPSA) is 105 Å². The molecule has 3 heterocycles. The molecule has 0 aromatic heterocycles. The molecule has 256 valence electrons. The molecular weight excluding hydrogens is 556 g/mol. The summed E-state index contributed by atoms with van der Waals surface area (Å²) in [5.74, 6) is -0.142. The van der Waals surface area contributed by atoms with Crippen LogP contribution in [0.1, 0.15) is 168 Å². The molecule has 44 heavy (non-hydrogen) atoms. The molecule has 7 heteroatoms. The molecule has 0 radical (unpaired) electrons. The van der Waals surface area contributed by atoms with E-state index >= 15 is 0 Å². The monoisotopic (exact) mass is 622 g/mol. The maximum atomic E-state index is 11.6. The van der Waals surface area contributed by atoms with E-state index in [0.717, 1.165) is 82.6 Å². The fraction of sp³-hybridized carbons (Fsp3) is 0.919. The van der Waals surface area contributed by atoms with E-state index < -0.39 is 6.10 Å². The van der Waals surface area contributed by atoms with E-state index in [1.807, 2.05) is 13.0 Å². The number of unbranched alkanes of at least 4 members (excludes halogenated alkanes) is 13. The van der Waals surface area contributed by atoms with Crippen LogP contribution in [-0.4, -0.2) is 70.1 Å². The van der Waals surface area contributed by atoms with Crippen molar-refractivity contribution in [3.63, 3.8) is 0 Å². The van der Waals surface area contributed by atoms with Crippen LogP contribution in [0, 0.1) is 0 Å². The van der Waals surface area contributed by atoms with Crippen molar-refractivity contribution in [2.45, 2.75) is 217 Å². The van der Waals surface area contributed by atoms with Crippen molar-refractivity contribution >= 4 is 5.97 Å². The van der Waals surface area contributed by atoms with Gasteiger partial charge in [0.05, 0.1) is 42.7 Å². The summed E-state index contributed by atoms with van der Waals surface area (Å²) in [6.07, 6.45) is 25.5. The molecule has 3 aliphatic heterocycles. The number of esters is 1. The van der Waals surface area contributed by atoms with Gasteiger partial charge in [-0.3, -0.25) is 0 Å². The summed E-state index contributed by atoms with van der Waals surface area (Å²) in [5.41, 5.74) is 0.840. The Balaban J connectivity index is 1.15. The molecule has 0 saturated carbocycles. The second kappa shape index (κ2) is 21.7. The van der Waals surface area contributed by atoms with Gasteiger partial charge in [0.15, 0.2) is 0 Å². The largest absolute Gasteiger partial charge is 0.455 e. The van der Waals surface area contributed by atoms with Crippen LogP contribution in [-0.2, 0) is 19.0 Å². The lowest BCUT2D eigenvalue weighted by atomic mass is 9.99. The quantitative estimate of drug-likeness (QED) is 0.0703. The Hall–Kier alpha value is -0.990. The number of aliphatic hydroxyl groups excluding tert-OH is 3. The average Bonchev–Trinajstić information content (AvgIpc) is 3.76. The van der Waals surface area contributed by atoms with E-state index in [1.165, 1.54) is 64.2 Å². The van der Waals surface area contributed by atoms with Gasteiger partial charge >= 0.3 is 5.97 Å². The number of carbonyl (C=O) groups is 1. The van der Waals surface area contributed by atoms with Crippen LogP contribution in [0.4, 0.5) is 0 Å². The predicted octanol–water partition coefficient (Wildman–Crippen LogP) is 7.86. The zero-order valence-electron chi connectivity index (χ0n) is 28.1. The normalized spacial score (nSPS) is 27.4. The zero-order valence-corrected chi connectivity index (χ0v) is 28.1. The minimum atomic E-state index is -0.551. The smallest absolute Gasteiger partial charge is 0.334 e. The lowest BCUT2D eigenvalue weighted by molar-refractivity contribution is -0.139. The fourth-order valence-corrected chi connectivity index (χ4v) is 7.25. The van der Waals surface area contributed by atoms with E-state index in [2.05, 4.69) is 6.92 Å². The number of rotatable bonds is 25. The van der Waals surface area contributed by atoms with Gasteiger partial charge in [0.25, 0.3) is 0 Å². The van der Waals surface area contributed by atoms with Crippen molar-refractivity contribution in [3.8, 4) is 0 Å². The van der Waals surface area contributed by atoms with E-state index in [-0.39, 0.29) is 48.7 Å². The Morgan fingerprint density at radius 3 is 1.70 bits per heavy atom. The van der Waals surface area contributed by atoms with E-state index in [4.69, 9.17) is 14.2 Å². The molecular formula is C37H66O7. The average molecular weight is 623 g/mol. The van der Waals surface area contributed by atoms with Crippen LogP contribution in [0.25, 0.3) is 0 Å². The molecule has 3 rings (SSSR count). The van der Waals surface area contributed by atoms with Crippen molar-refractivity contribution in [2.24, 2.45) is 0 Å². The maximum Gasteiger partial charge on any atom is 0.334 e. The van der Waals surface area contributed by atoms with Crippen molar-refractivity contribution in [1.29, 1.82) is 0 Å². The third-order valence-electron chi connectivity index (χ3n) is 10.1. The summed E-state index contributed by atoms with van der Waals surface area (Å²) in [6.45, 7) is 4.15. The van der Waals surface area contributed by atoms with Gasteiger partial charge in [-0.1, -0.05) is 96.8 Å². The first-order chi connectivity index (χ1) is 21.4. The van der Waals surface area contributed by atoms with Crippen LogP contribution in [0.3, 0.4) is 0 Å². The van der Waals surface area contributed by atoms with Crippen molar-refractivity contribution in [3.05, 3.63) is 11.6 Å². The fourth-order valence-electron chi connectivity index (χ4n) is 7.25. The van der Waals surface area contributed by atoms with Crippen LogP contribution in [0.15, 0.2) is 11.6 Å². The molecule has 0 bridgehead atoms. The number of hydrogen-bond acceptors (Lipinski definition) is 7. The van der Waals surface area contributed by atoms with Crippen LogP contribution in [0.5, 0.6) is 0 Å². The van der Waals surface area contributed by atoms with E-state index in [0.29, 0.717) is 12.8 Å². The highest BCUT2D eigenvalue weighted by atomic mass is 16.6. The summed E-state index contributed by atoms with van der Waals surface area (Å²) >= 11 is 0. The van der Waals surface area contributed by atoms with Gasteiger partial charge in [0.2, 0.25) is 0 Å². The molecule has 0 aliphatic carbocycles. The summed E-state index contributed by atoms with van der Waals surface area (Å²) in [5, 5.41) is 31.9. The predicted molar refractivity (Wildman–Crippen MR) is 175 cm³/mol. The first kappa shape index (κ1) is 37.5. The van der Waals surface area contributed by atoms with Crippen LogP contribution < -0.4 is 0 Å². The summed E-state index contributed by atoms with van der Waals surface area (Å²) < 4.78 is 17.7. The zero-order chi connectivity index (χ0) is 31.6. The molecule has 0 amide bonds. The van der Waals surface area contributed by atoms with Gasteiger partial charge < -0.3 is 29.5 Å². The van der Waals surface area contributed by atoms with Gasteiger partial charge in [-0.25, -0.2) is 4.79 Å². The molecule has 0 aromatic carbocycles. The van der Waals surface area contributed by atoms with Gasteiger partial charge in [-0.2, -0.15) is 0 Å². The van der Waals surface area contributed by atoms with Crippen molar-refractivity contribution in [1.82, 2.24) is 0 Å². The standard InChI is InChI=1S/C37H66O7/c1-3-4-5-6-7-11-14-17-20-31(39)33-23-25-35(43-33)36-26-24-34(44-36)32(40)22-21-30(38)19-16-13-10-8-9-12-15-18-29-27-28(2)42-37(29)41/h27-28,30-36,38-40H,3-26H2,1-2H3/t28-,30+,31-,32+,33+,34+,35+,36+/m0/s1. The first-order valence-electron chi connectivity index (χ1n) is 18.6. The number of hydrogen-bond donors (Lipinski definition) is 3. The second-order valence-corrected chi connectivity index (χ2v) is 14.0. The molecule has 0 aromatic rings. The SMILES string of the molecule is CCCCCCCCCC[C@H](O)[C@H]1CC[C@H]([C@H]2CC[C@H]([C@H](O)CC[C@H](O)CCCCCCCCCC3=C[C@H](C)OC3=O)O2)O1. The van der Waals surface area contributed by atoms with Gasteiger partial charge in [-0.15, -0.1) is 0 Å². The third-order valence-corrected chi connectivity index (χ3v) is 10.1. The molecule has 8 atom stereocenters. The molecule has 7 nitrogen and oxygen atoms in total. The molecule has 0 unspecified atom stereocenters. The van der Waals surface area contributed by atoms with Gasteiger partial charge in [-0.05, 0) is 77.2 Å². The minimum absolute atomic E-state index is 0.0000945. The van der Waals surface area contributed by atoms with Gasteiger partial charge in [0.1, 0.15) is 6.10 Å². The number of cyclic esters (lactones) is 1. The highest BCUT2D eigenvalue weighted by molar-refractivity contribution is 5.90. The molecule has 3 aliphatic rings. The van der Waals surface area contributed by atoms with Crippen molar-refractivity contribution in [2.75, 3.05) is 0 Å². The van der Waals surface area contributed by atoms with Crippen LogP contribution in [0.2, 0.25) is 0 Å². The number of aliphatic hydroxyl groups is 3. The Morgan fingerprint density at radius 1 is 0.659 bits per heavy atom. The summed E-state index contributed by atoms with van der Waals surface area (Å²) in [6, 6.07) is 0. The van der Waals surface area contributed by atoms with Crippen LogP contribution >= 0.6 is 0 Å². The summed E-state index contributed by atoms with van der Waals surface area (Å²) in [7, 11) is 0. The lowest BCUT2D eigenvalue weighted by Crippen LogP contribution is -2.33. The molecule has 2 fully saturated rings. The second-order valence-electron chi connectivity index (χ2n) is 14.0. The Bertz CT molecular complexity index is 801. The third kappa shape index (κ3) is 14.2. The molecule has 2 saturated heterocycles.